The first-order valence-electron chi connectivity index (χ1n) is 12.5. The molecule has 36 heavy (non-hydrogen) atoms. The minimum Gasteiger partial charge on any atom is -0.497 e. The van der Waals surface area contributed by atoms with Crippen LogP contribution >= 0.6 is 0 Å². The Hall–Kier alpha value is -3.45. The number of nitrogens with zero attached hydrogens (tertiary/aromatic N) is 4. The third-order valence-electron chi connectivity index (χ3n) is 7.03. The second-order valence-electron chi connectivity index (χ2n) is 9.19. The van der Waals surface area contributed by atoms with Gasteiger partial charge in [-0.15, -0.1) is 0 Å². The maximum atomic E-state index is 5.77. The quantitative estimate of drug-likeness (QED) is 0.435. The molecule has 1 aromatic heterocycles. The van der Waals surface area contributed by atoms with E-state index in [0.29, 0.717) is 5.88 Å². The summed E-state index contributed by atoms with van der Waals surface area (Å²) in [5.41, 5.74) is 5.52. The topological polar surface area (TPSA) is 50.3 Å². The SMILES string of the molecule is CCN1CCN(c2ccc(OC)nc2-c2ccc(N(C)C)cc2)CCC1c1ccc(OC)cc1OC. The van der Waals surface area contributed by atoms with E-state index in [0.717, 1.165) is 66.7 Å². The normalized spacial score (nSPS) is 16.4. The van der Waals surface area contributed by atoms with Gasteiger partial charge in [0.05, 0.1) is 32.7 Å². The molecule has 0 N–H and O–H groups in total. The average Bonchev–Trinajstić information content (AvgIpc) is 3.14. The van der Waals surface area contributed by atoms with Crippen molar-refractivity contribution in [1.82, 2.24) is 9.88 Å². The van der Waals surface area contributed by atoms with Crippen LogP contribution in [0, 0.1) is 0 Å². The van der Waals surface area contributed by atoms with E-state index < -0.39 is 0 Å². The zero-order chi connectivity index (χ0) is 25.7. The van der Waals surface area contributed by atoms with E-state index in [9.17, 15) is 0 Å². The number of benzene rings is 2. The third-order valence-corrected chi connectivity index (χ3v) is 7.03. The fraction of sp³-hybridized carbons (Fsp3) is 0.414. The second-order valence-corrected chi connectivity index (χ2v) is 9.19. The van der Waals surface area contributed by atoms with E-state index in [1.165, 1.54) is 5.56 Å². The van der Waals surface area contributed by atoms with Gasteiger partial charge in [0.15, 0.2) is 0 Å². The summed E-state index contributed by atoms with van der Waals surface area (Å²) < 4.78 is 16.7. The maximum Gasteiger partial charge on any atom is 0.213 e. The smallest absolute Gasteiger partial charge is 0.213 e. The van der Waals surface area contributed by atoms with E-state index in [-0.39, 0.29) is 6.04 Å². The molecule has 0 saturated carbocycles. The van der Waals surface area contributed by atoms with Gasteiger partial charge in [-0.05, 0) is 37.2 Å². The predicted octanol–water partition coefficient (Wildman–Crippen LogP) is 5.11. The molecule has 0 bridgehead atoms. The monoisotopic (exact) mass is 490 g/mol. The van der Waals surface area contributed by atoms with Crippen molar-refractivity contribution in [2.75, 3.05) is 71.4 Å². The summed E-state index contributed by atoms with van der Waals surface area (Å²) in [4.78, 5) is 12.0. The van der Waals surface area contributed by atoms with Crippen molar-refractivity contribution < 1.29 is 14.2 Å². The van der Waals surface area contributed by atoms with Crippen LogP contribution in [0.15, 0.2) is 54.6 Å². The lowest BCUT2D eigenvalue weighted by atomic mass is 10.0. The van der Waals surface area contributed by atoms with Gasteiger partial charge in [-0.25, -0.2) is 4.98 Å². The highest BCUT2D eigenvalue weighted by atomic mass is 16.5. The van der Waals surface area contributed by atoms with Crippen LogP contribution < -0.4 is 24.0 Å². The molecule has 1 aliphatic rings. The maximum absolute atomic E-state index is 5.77. The van der Waals surface area contributed by atoms with Crippen LogP contribution in [-0.4, -0.2) is 71.5 Å². The second kappa shape index (κ2) is 11.5. The highest BCUT2D eigenvalue weighted by molar-refractivity contribution is 5.77. The lowest BCUT2D eigenvalue weighted by molar-refractivity contribution is 0.214. The molecule has 2 aromatic carbocycles. The summed E-state index contributed by atoms with van der Waals surface area (Å²) in [7, 11) is 9.18. The number of ether oxygens (including phenoxy) is 3. The number of methoxy groups -OCH3 is 3. The zero-order valence-corrected chi connectivity index (χ0v) is 22.3. The van der Waals surface area contributed by atoms with Gasteiger partial charge in [0.1, 0.15) is 11.5 Å². The van der Waals surface area contributed by atoms with Crippen molar-refractivity contribution in [3.63, 3.8) is 0 Å². The molecule has 2 heterocycles. The van der Waals surface area contributed by atoms with Crippen molar-refractivity contribution in [1.29, 1.82) is 0 Å². The average molecular weight is 491 g/mol. The van der Waals surface area contributed by atoms with Crippen LogP contribution in [-0.2, 0) is 0 Å². The molecule has 1 saturated heterocycles. The fourth-order valence-corrected chi connectivity index (χ4v) is 4.98. The van der Waals surface area contributed by atoms with E-state index >= 15 is 0 Å². The highest BCUT2D eigenvalue weighted by Crippen LogP contribution is 2.38. The number of aromatic nitrogens is 1. The molecule has 0 amide bonds. The van der Waals surface area contributed by atoms with E-state index in [1.807, 2.05) is 18.2 Å². The first kappa shape index (κ1) is 25.6. The molecule has 1 unspecified atom stereocenters. The summed E-state index contributed by atoms with van der Waals surface area (Å²) in [5, 5.41) is 0. The Balaban J connectivity index is 1.66. The lowest BCUT2D eigenvalue weighted by Gasteiger charge is -2.29. The van der Waals surface area contributed by atoms with Crippen molar-refractivity contribution in [3.05, 3.63) is 60.2 Å². The minimum absolute atomic E-state index is 0.259. The largest absolute Gasteiger partial charge is 0.497 e. The van der Waals surface area contributed by atoms with Crippen molar-refractivity contribution in [2.24, 2.45) is 0 Å². The van der Waals surface area contributed by atoms with Crippen molar-refractivity contribution in [2.45, 2.75) is 19.4 Å². The summed E-state index contributed by atoms with van der Waals surface area (Å²) in [6.45, 7) is 5.97. The third kappa shape index (κ3) is 5.36. The van der Waals surface area contributed by atoms with Crippen LogP contribution in [0.4, 0.5) is 11.4 Å². The molecule has 192 valence electrons. The van der Waals surface area contributed by atoms with Crippen LogP contribution in [0.25, 0.3) is 11.3 Å². The Morgan fingerprint density at radius 3 is 2.31 bits per heavy atom. The molecular weight excluding hydrogens is 452 g/mol. The first-order chi connectivity index (χ1) is 17.5. The number of hydrogen-bond acceptors (Lipinski definition) is 7. The van der Waals surface area contributed by atoms with Crippen LogP contribution in [0.5, 0.6) is 17.4 Å². The number of anilines is 2. The number of hydrogen-bond donors (Lipinski definition) is 0. The predicted molar refractivity (Wildman–Crippen MR) is 147 cm³/mol. The highest BCUT2D eigenvalue weighted by Gasteiger charge is 2.28. The van der Waals surface area contributed by atoms with Crippen LogP contribution in [0.3, 0.4) is 0 Å². The zero-order valence-electron chi connectivity index (χ0n) is 22.3. The molecule has 0 aliphatic carbocycles. The Labute approximate surface area is 215 Å². The molecular formula is C29H38N4O3. The van der Waals surface area contributed by atoms with Crippen molar-refractivity contribution in [3.8, 4) is 28.6 Å². The fourth-order valence-electron chi connectivity index (χ4n) is 4.98. The van der Waals surface area contributed by atoms with Gasteiger partial charge >= 0.3 is 0 Å². The van der Waals surface area contributed by atoms with Gasteiger partial charge in [0, 0.05) is 68.7 Å². The van der Waals surface area contributed by atoms with Crippen molar-refractivity contribution >= 4 is 11.4 Å². The van der Waals surface area contributed by atoms with E-state index in [4.69, 9.17) is 19.2 Å². The standard InChI is InChI=1S/C29H38N4O3/c1-7-32-18-19-33(17-16-25(32)24-13-12-23(34-4)20-27(24)35-5)26-14-15-28(36-6)30-29(26)21-8-10-22(11-9-21)31(2)3/h8-15,20,25H,7,16-19H2,1-6H3. The number of pyridine rings is 1. The molecule has 3 aromatic rings. The molecule has 1 fully saturated rings. The summed E-state index contributed by atoms with van der Waals surface area (Å²) in [6.07, 6.45) is 0.974. The van der Waals surface area contributed by atoms with Gasteiger partial charge in [0.2, 0.25) is 5.88 Å². The molecule has 1 aliphatic heterocycles. The molecule has 1 atom stereocenters. The molecule has 0 radical (unpaired) electrons. The lowest BCUT2D eigenvalue weighted by Crippen LogP contribution is -2.32. The van der Waals surface area contributed by atoms with Crippen LogP contribution in [0.1, 0.15) is 24.9 Å². The van der Waals surface area contributed by atoms with Gasteiger partial charge in [-0.1, -0.05) is 25.1 Å². The number of likely N-dealkylation sites (N-methyl/N-ethyl adjacent to an activating group) is 1. The summed E-state index contributed by atoms with van der Waals surface area (Å²) >= 11 is 0. The number of rotatable bonds is 8. The first-order valence-corrected chi connectivity index (χ1v) is 12.5. The summed E-state index contributed by atoms with van der Waals surface area (Å²) in [5.74, 6) is 2.30. The Morgan fingerprint density at radius 1 is 0.889 bits per heavy atom. The van der Waals surface area contributed by atoms with E-state index in [2.05, 4.69) is 72.1 Å². The molecule has 7 heteroatoms. The Bertz CT molecular complexity index is 1150. The van der Waals surface area contributed by atoms with Gasteiger partial charge in [-0.3, -0.25) is 4.90 Å². The van der Waals surface area contributed by atoms with Gasteiger partial charge in [-0.2, -0.15) is 0 Å². The van der Waals surface area contributed by atoms with Gasteiger partial charge < -0.3 is 24.0 Å². The van der Waals surface area contributed by atoms with E-state index in [1.54, 1.807) is 21.3 Å². The Morgan fingerprint density at radius 2 is 1.67 bits per heavy atom. The minimum atomic E-state index is 0.259. The van der Waals surface area contributed by atoms with Gasteiger partial charge in [0.25, 0.3) is 0 Å². The van der Waals surface area contributed by atoms with Crippen LogP contribution in [0.2, 0.25) is 0 Å². The molecule has 0 spiro atoms. The Kier molecular flexibility index (Phi) is 8.21. The summed E-state index contributed by atoms with van der Waals surface area (Å²) in [6, 6.07) is 19.1. The molecule has 7 nitrogen and oxygen atoms in total. The molecule has 4 rings (SSSR count).